The summed E-state index contributed by atoms with van der Waals surface area (Å²) in [6.07, 6.45) is 9.26. The second-order valence-corrected chi connectivity index (χ2v) is 3.87. The largest absolute Gasteiger partial charge is 0.115 e. The van der Waals surface area contributed by atoms with E-state index >= 15 is 0 Å². The number of hydrogen-bond donors (Lipinski definition) is 0. The van der Waals surface area contributed by atoms with E-state index in [9.17, 15) is 0 Å². The Morgan fingerprint density at radius 2 is 1.93 bits per heavy atom. The molecule has 1 fully saturated rings. The Kier molecular flexibility index (Phi) is 2.41. The molecule has 1 aromatic carbocycles. The molecular weight excluding hydrogens is 168 g/mol. The van der Waals surface area contributed by atoms with Crippen LogP contribution in [0, 0.1) is 18.3 Å². The molecule has 1 saturated carbocycles. The zero-order valence-corrected chi connectivity index (χ0v) is 8.29. The van der Waals surface area contributed by atoms with Crippen molar-refractivity contribution in [3.8, 4) is 12.3 Å². The minimum Gasteiger partial charge on any atom is -0.115 e. The zero-order chi connectivity index (χ0) is 9.97. The summed E-state index contributed by atoms with van der Waals surface area (Å²) in [4.78, 5) is 0. The lowest BCUT2D eigenvalue weighted by atomic mass is 9.78. The fourth-order valence-electron chi connectivity index (χ4n) is 1.77. The van der Waals surface area contributed by atoms with Crippen molar-refractivity contribution in [1.82, 2.24) is 0 Å². The van der Waals surface area contributed by atoms with Crippen LogP contribution in [0.3, 0.4) is 0 Å². The fourth-order valence-corrected chi connectivity index (χ4v) is 1.77. The molecule has 0 saturated heterocycles. The molecule has 0 amide bonds. The van der Waals surface area contributed by atoms with Crippen LogP contribution in [0.2, 0.25) is 0 Å². The third-order valence-corrected chi connectivity index (χ3v) is 3.02. The molecule has 1 aromatic rings. The van der Waals surface area contributed by atoms with Gasteiger partial charge in [-0.05, 0) is 42.0 Å². The Morgan fingerprint density at radius 3 is 2.36 bits per heavy atom. The molecule has 0 heteroatoms. The number of allylic oxidation sites excluding steroid dienone is 1. The third kappa shape index (κ3) is 1.59. The molecule has 0 N–H and O–H groups in total. The van der Waals surface area contributed by atoms with Crippen molar-refractivity contribution < 1.29 is 0 Å². The Hall–Kier alpha value is -1.48. The van der Waals surface area contributed by atoms with Gasteiger partial charge in [-0.2, -0.15) is 0 Å². The standard InChI is InChI=1S/C14H14/c1-3-12-7-9-14(10-8-12)11(2)13-5-4-6-13/h1,7-10,13H,2,4-6H2. The molecule has 0 bridgehead atoms. The lowest BCUT2D eigenvalue weighted by molar-refractivity contribution is 0.401. The fraction of sp³-hybridized carbons (Fsp3) is 0.286. The topological polar surface area (TPSA) is 0 Å². The first kappa shape index (κ1) is 9.09. The monoisotopic (exact) mass is 182 g/mol. The highest BCUT2D eigenvalue weighted by Gasteiger charge is 2.20. The van der Waals surface area contributed by atoms with E-state index in [1.54, 1.807) is 0 Å². The lowest BCUT2D eigenvalue weighted by Gasteiger charge is -2.27. The number of terminal acetylenes is 1. The summed E-state index contributed by atoms with van der Waals surface area (Å²) in [7, 11) is 0. The highest BCUT2D eigenvalue weighted by molar-refractivity contribution is 5.66. The number of rotatable bonds is 2. The maximum absolute atomic E-state index is 5.30. The summed E-state index contributed by atoms with van der Waals surface area (Å²) in [6.45, 7) is 4.15. The van der Waals surface area contributed by atoms with E-state index in [0.717, 1.165) is 5.56 Å². The van der Waals surface area contributed by atoms with E-state index < -0.39 is 0 Å². The number of benzene rings is 1. The van der Waals surface area contributed by atoms with Crippen LogP contribution < -0.4 is 0 Å². The molecular formula is C14H14. The van der Waals surface area contributed by atoms with Crippen molar-refractivity contribution in [2.75, 3.05) is 0 Å². The SMILES string of the molecule is C#Cc1ccc(C(=C)C2CCC2)cc1. The average molecular weight is 182 g/mol. The van der Waals surface area contributed by atoms with Gasteiger partial charge in [0.05, 0.1) is 0 Å². The third-order valence-electron chi connectivity index (χ3n) is 3.02. The van der Waals surface area contributed by atoms with Crippen LogP contribution in [0.5, 0.6) is 0 Å². The summed E-state index contributed by atoms with van der Waals surface area (Å²) in [6, 6.07) is 8.13. The van der Waals surface area contributed by atoms with Gasteiger partial charge in [0.2, 0.25) is 0 Å². The Balaban J connectivity index is 2.16. The van der Waals surface area contributed by atoms with Gasteiger partial charge in [-0.3, -0.25) is 0 Å². The van der Waals surface area contributed by atoms with Crippen LogP contribution in [0.4, 0.5) is 0 Å². The normalized spacial score (nSPS) is 15.6. The second kappa shape index (κ2) is 3.72. The van der Waals surface area contributed by atoms with Crippen LogP contribution in [0.1, 0.15) is 30.4 Å². The van der Waals surface area contributed by atoms with Gasteiger partial charge in [0.15, 0.2) is 0 Å². The predicted molar refractivity (Wildman–Crippen MR) is 60.8 cm³/mol. The van der Waals surface area contributed by atoms with Gasteiger partial charge < -0.3 is 0 Å². The molecule has 0 aliphatic heterocycles. The summed E-state index contributed by atoms with van der Waals surface area (Å²) >= 11 is 0. The summed E-state index contributed by atoms with van der Waals surface area (Å²) in [5.41, 5.74) is 3.46. The Bertz CT molecular complexity index is 371. The van der Waals surface area contributed by atoms with Gasteiger partial charge in [0, 0.05) is 5.56 Å². The maximum atomic E-state index is 5.30. The van der Waals surface area contributed by atoms with Crippen molar-refractivity contribution in [3.05, 3.63) is 42.0 Å². The van der Waals surface area contributed by atoms with E-state index in [1.165, 1.54) is 30.4 Å². The van der Waals surface area contributed by atoms with Crippen LogP contribution in [-0.4, -0.2) is 0 Å². The van der Waals surface area contributed by atoms with Gasteiger partial charge in [0.1, 0.15) is 0 Å². The first-order valence-corrected chi connectivity index (χ1v) is 5.07. The van der Waals surface area contributed by atoms with E-state index in [4.69, 9.17) is 6.42 Å². The minimum atomic E-state index is 0.715. The second-order valence-electron chi connectivity index (χ2n) is 3.87. The van der Waals surface area contributed by atoms with Gasteiger partial charge in [0.25, 0.3) is 0 Å². The van der Waals surface area contributed by atoms with Crippen molar-refractivity contribution in [2.24, 2.45) is 5.92 Å². The van der Waals surface area contributed by atoms with Gasteiger partial charge >= 0.3 is 0 Å². The van der Waals surface area contributed by atoms with Crippen LogP contribution in [0.15, 0.2) is 30.8 Å². The zero-order valence-electron chi connectivity index (χ0n) is 8.29. The first-order valence-electron chi connectivity index (χ1n) is 5.07. The lowest BCUT2D eigenvalue weighted by Crippen LogP contribution is -2.12. The van der Waals surface area contributed by atoms with E-state index in [0.29, 0.717) is 5.92 Å². The minimum absolute atomic E-state index is 0.715. The molecule has 0 aromatic heterocycles. The molecule has 0 atom stereocenters. The molecule has 2 rings (SSSR count). The van der Waals surface area contributed by atoms with Crippen molar-refractivity contribution >= 4 is 5.57 Å². The average Bonchev–Trinajstić information content (AvgIpc) is 2.15. The summed E-state index contributed by atoms with van der Waals surface area (Å²) < 4.78 is 0. The van der Waals surface area contributed by atoms with Gasteiger partial charge in [-0.15, -0.1) is 6.42 Å². The highest BCUT2D eigenvalue weighted by atomic mass is 14.3. The van der Waals surface area contributed by atoms with Crippen LogP contribution in [0.25, 0.3) is 5.57 Å². The molecule has 0 nitrogen and oxygen atoms in total. The Labute approximate surface area is 85.7 Å². The summed E-state index contributed by atoms with van der Waals surface area (Å²) in [5, 5.41) is 0. The quantitative estimate of drug-likeness (QED) is 0.614. The molecule has 0 unspecified atom stereocenters. The maximum Gasteiger partial charge on any atom is 0.0243 e. The van der Waals surface area contributed by atoms with Crippen LogP contribution >= 0.6 is 0 Å². The Morgan fingerprint density at radius 1 is 1.29 bits per heavy atom. The molecule has 0 spiro atoms. The van der Waals surface area contributed by atoms with Gasteiger partial charge in [-0.1, -0.05) is 31.1 Å². The molecule has 0 radical (unpaired) electrons. The molecule has 1 aliphatic carbocycles. The number of hydrogen-bond acceptors (Lipinski definition) is 0. The molecule has 1 aliphatic rings. The molecule has 0 heterocycles. The van der Waals surface area contributed by atoms with Gasteiger partial charge in [-0.25, -0.2) is 0 Å². The predicted octanol–water partition coefficient (Wildman–Crippen LogP) is 3.48. The first-order chi connectivity index (χ1) is 6.81. The summed E-state index contributed by atoms with van der Waals surface area (Å²) in [5.74, 6) is 3.34. The van der Waals surface area contributed by atoms with Crippen LogP contribution in [-0.2, 0) is 0 Å². The molecule has 70 valence electrons. The molecule has 14 heavy (non-hydrogen) atoms. The van der Waals surface area contributed by atoms with Crippen molar-refractivity contribution in [2.45, 2.75) is 19.3 Å². The van der Waals surface area contributed by atoms with E-state index in [-0.39, 0.29) is 0 Å². The van der Waals surface area contributed by atoms with Crippen molar-refractivity contribution in [1.29, 1.82) is 0 Å². The van der Waals surface area contributed by atoms with E-state index in [1.807, 2.05) is 12.1 Å². The van der Waals surface area contributed by atoms with E-state index in [2.05, 4.69) is 24.6 Å². The smallest absolute Gasteiger partial charge is 0.0243 e. The highest BCUT2D eigenvalue weighted by Crippen LogP contribution is 2.37. The van der Waals surface area contributed by atoms with Crippen molar-refractivity contribution in [3.63, 3.8) is 0 Å².